The monoisotopic (exact) mass is 250 g/mol. The van der Waals surface area contributed by atoms with Gasteiger partial charge in [-0.05, 0) is 18.2 Å². The lowest BCUT2D eigenvalue weighted by molar-refractivity contribution is 0.0732. The van der Waals surface area contributed by atoms with Crippen molar-refractivity contribution in [1.82, 2.24) is 4.90 Å². The second-order valence-corrected chi connectivity index (χ2v) is 3.65. The van der Waals surface area contributed by atoms with Gasteiger partial charge in [-0.2, -0.15) is 10.2 Å². The van der Waals surface area contributed by atoms with E-state index in [-0.39, 0.29) is 11.1 Å². The van der Waals surface area contributed by atoms with Gasteiger partial charge in [-0.1, -0.05) is 15.9 Å². The molecule has 0 N–H and O–H groups in total. The molecule has 0 radical (unpaired) electrons. The van der Waals surface area contributed by atoms with Crippen LogP contribution >= 0.6 is 15.9 Å². The summed E-state index contributed by atoms with van der Waals surface area (Å²) in [7, 11) is 0. The van der Waals surface area contributed by atoms with Gasteiger partial charge >= 0.3 is 0 Å². The molecule has 2 rings (SSSR count). The lowest BCUT2D eigenvalue weighted by atomic mass is 10.1. The molecular weight excluding hydrogens is 248 g/mol. The number of rotatable bonds is 0. The van der Waals surface area contributed by atoms with Crippen molar-refractivity contribution in [2.75, 3.05) is 0 Å². The highest BCUT2D eigenvalue weighted by Gasteiger charge is 2.35. The van der Waals surface area contributed by atoms with Crippen LogP contribution in [-0.2, 0) is 0 Å². The van der Waals surface area contributed by atoms with Gasteiger partial charge in [0.15, 0.2) is 6.19 Å². The number of imide groups is 1. The van der Waals surface area contributed by atoms with Gasteiger partial charge < -0.3 is 0 Å². The average Bonchev–Trinajstić information content (AvgIpc) is 2.39. The van der Waals surface area contributed by atoms with E-state index < -0.39 is 11.8 Å². The Bertz CT molecular complexity index is 490. The van der Waals surface area contributed by atoms with Crippen LogP contribution in [0.3, 0.4) is 0 Å². The van der Waals surface area contributed by atoms with Crippen molar-refractivity contribution in [3.05, 3.63) is 33.8 Å². The molecule has 0 atom stereocenters. The number of halogens is 1. The second kappa shape index (κ2) is 2.93. The number of carbonyl (C=O) groups is 2. The molecule has 4 nitrogen and oxygen atoms in total. The Hall–Kier alpha value is -1.67. The summed E-state index contributed by atoms with van der Waals surface area (Å²) in [5, 5.41) is 8.57. The molecule has 5 heteroatoms. The zero-order valence-corrected chi connectivity index (χ0v) is 8.41. The van der Waals surface area contributed by atoms with Gasteiger partial charge in [0, 0.05) is 4.47 Å². The summed E-state index contributed by atoms with van der Waals surface area (Å²) in [5.74, 6) is -1.12. The highest BCUT2D eigenvalue weighted by Crippen LogP contribution is 2.25. The van der Waals surface area contributed by atoms with Crippen LogP contribution in [0, 0.1) is 11.5 Å². The number of fused-ring (bicyclic) bond motifs is 1. The molecule has 0 aromatic heterocycles. The molecule has 0 fully saturated rings. The first-order valence-corrected chi connectivity index (χ1v) is 4.52. The van der Waals surface area contributed by atoms with E-state index in [1.165, 1.54) is 12.1 Å². The maximum absolute atomic E-state index is 11.5. The van der Waals surface area contributed by atoms with E-state index in [0.29, 0.717) is 9.37 Å². The zero-order chi connectivity index (χ0) is 10.3. The van der Waals surface area contributed by atoms with Crippen LogP contribution in [0.2, 0.25) is 0 Å². The smallest absolute Gasteiger partial charge is 0.267 e. The summed E-state index contributed by atoms with van der Waals surface area (Å²) >= 11 is 3.19. The number of nitriles is 1. The summed E-state index contributed by atoms with van der Waals surface area (Å²) < 4.78 is 0.706. The molecule has 2 amide bonds. The fourth-order valence-corrected chi connectivity index (χ4v) is 1.66. The molecule has 1 aromatic rings. The number of hydrogen-bond donors (Lipinski definition) is 0. The molecule has 1 aliphatic rings. The Labute approximate surface area is 87.9 Å². The average molecular weight is 251 g/mol. The van der Waals surface area contributed by atoms with E-state index in [1.807, 2.05) is 0 Å². The van der Waals surface area contributed by atoms with E-state index in [1.54, 1.807) is 12.3 Å². The molecule has 68 valence electrons. The highest BCUT2D eigenvalue weighted by molar-refractivity contribution is 9.10. The molecule has 1 heterocycles. The number of amides is 2. The van der Waals surface area contributed by atoms with E-state index in [2.05, 4.69) is 15.9 Å². The fraction of sp³-hybridized carbons (Fsp3) is 0. The molecule has 0 spiro atoms. The minimum Gasteiger partial charge on any atom is -0.267 e. The van der Waals surface area contributed by atoms with Gasteiger partial charge in [0.05, 0.1) is 11.1 Å². The maximum atomic E-state index is 11.5. The maximum Gasteiger partial charge on any atom is 0.275 e. The van der Waals surface area contributed by atoms with Crippen LogP contribution < -0.4 is 0 Å². The largest absolute Gasteiger partial charge is 0.275 e. The Morgan fingerprint density at radius 3 is 2.50 bits per heavy atom. The van der Waals surface area contributed by atoms with Crippen molar-refractivity contribution >= 4 is 27.7 Å². The predicted molar refractivity (Wildman–Crippen MR) is 50.3 cm³/mol. The predicted octanol–water partition coefficient (Wildman–Crippen LogP) is 1.53. The third-order valence-corrected chi connectivity index (χ3v) is 2.44. The minimum absolute atomic E-state index is 0.269. The first-order valence-electron chi connectivity index (χ1n) is 3.73. The van der Waals surface area contributed by atoms with Crippen molar-refractivity contribution in [1.29, 1.82) is 5.26 Å². The van der Waals surface area contributed by atoms with Crippen molar-refractivity contribution in [2.24, 2.45) is 0 Å². The first-order chi connectivity index (χ1) is 6.65. The molecule has 14 heavy (non-hydrogen) atoms. The molecule has 0 saturated heterocycles. The van der Waals surface area contributed by atoms with Gasteiger partial charge in [0.1, 0.15) is 0 Å². The van der Waals surface area contributed by atoms with Gasteiger partial charge in [0.25, 0.3) is 11.8 Å². The number of hydrogen-bond acceptors (Lipinski definition) is 3. The highest BCUT2D eigenvalue weighted by atomic mass is 79.9. The molecular formula is C9H3BrN2O2. The Kier molecular flexibility index (Phi) is 1.86. The Morgan fingerprint density at radius 1 is 1.21 bits per heavy atom. The van der Waals surface area contributed by atoms with Crippen LogP contribution in [0.4, 0.5) is 0 Å². The van der Waals surface area contributed by atoms with Crippen molar-refractivity contribution in [3.63, 3.8) is 0 Å². The quantitative estimate of drug-likeness (QED) is 0.518. The molecule has 1 aromatic carbocycles. The molecule has 0 aliphatic carbocycles. The molecule has 0 bridgehead atoms. The Morgan fingerprint density at radius 2 is 1.86 bits per heavy atom. The molecule has 0 saturated carbocycles. The van der Waals surface area contributed by atoms with Gasteiger partial charge in [0.2, 0.25) is 0 Å². The van der Waals surface area contributed by atoms with Crippen LogP contribution in [-0.4, -0.2) is 16.7 Å². The summed E-state index contributed by atoms with van der Waals surface area (Å²) in [4.78, 5) is 23.4. The zero-order valence-electron chi connectivity index (χ0n) is 6.82. The lowest BCUT2D eigenvalue weighted by Crippen LogP contribution is -2.23. The van der Waals surface area contributed by atoms with E-state index in [0.717, 1.165) is 0 Å². The normalized spacial score (nSPS) is 14.1. The van der Waals surface area contributed by atoms with Crippen LogP contribution in [0.15, 0.2) is 22.7 Å². The summed E-state index contributed by atoms with van der Waals surface area (Å²) in [6, 6.07) is 4.72. The first kappa shape index (κ1) is 8.91. The number of nitrogens with zero attached hydrogens (tertiary/aromatic N) is 2. The van der Waals surface area contributed by atoms with E-state index in [9.17, 15) is 9.59 Å². The second-order valence-electron chi connectivity index (χ2n) is 2.74. The Balaban J connectivity index is 2.66. The van der Waals surface area contributed by atoms with Gasteiger partial charge in [-0.3, -0.25) is 9.59 Å². The van der Waals surface area contributed by atoms with E-state index in [4.69, 9.17) is 5.26 Å². The fourth-order valence-electron chi connectivity index (χ4n) is 1.30. The lowest BCUT2D eigenvalue weighted by Gasteiger charge is -1.97. The third kappa shape index (κ3) is 1.05. The minimum atomic E-state index is -0.561. The standard InChI is InChI=1S/C9H3BrN2O2/c10-5-1-2-6-7(3-5)9(14)12(4-11)8(6)13/h1-3H. The van der Waals surface area contributed by atoms with Crippen molar-refractivity contribution in [2.45, 2.75) is 0 Å². The topological polar surface area (TPSA) is 61.2 Å². The number of benzene rings is 1. The number of carbonyl (C=O) groups excluding carboxylic acids is 2. The van der Waals surface area contributed by atoms with Crippen LogP contribution in [0.1, 0.15) is 20.7 Å². The molecule has 0 unspecified atom stereocenters. The molecule has 1 aliphatic heterocycles. The third-order valence-electron chi connectivity index (χ3n) is 1.95. The van der Waals surface area contributed by atoms with E-state index >= 15 is 0 Å². The summed E-state index contributed by atoms with van der Waals surface area (Å²) in [6.07, 6.45) is 1.55. The van der Waals surface area contributed by atoms with Crippen LogP contribution in [0.25, 0.3) is 0 Å². The van der Waals surface area contributed by atoms with Gasteiger partial charge in [-0.15, -0.1) is 0 Å². The van der Waals surface area contributed by atoms with Crippen LogP contribution in [0.5, 0.6) is 0 Å². The SMILES string of the molecule is N#CN1C(=O)c2ccc(Br)cc2C1=O. The van der Waals surface area contributed by atoms with Crippen molar-refractivity contribution in [3.8, 4) is 6.19 Å². The van der Waals surface area contributed by atoms with Gasteiger partial charge in [-0.25, -0.2) is 0 Å². The summed E-state index contributed by atoms with van der Waals surface area (Å²) in [6.45, 7) is 0. The van der Waals surface area contributed by atoms with Crippen molar-refractivity contribution < 1.29 is 9.59 Å². The summed E-state index contributed by atoms with van der Waals surface area (Å²) in [5.41, 5.74) is 0.547.